The highest BCUT2D eigenvalue weighted by molar-refractivity contribution is 7.22. The summed E-state index contributed by atoms with van der Waals surface area (Å²) in [6.07, 6.45) is 2.38. The molecule has 0 amide bonds. The van der Waals surface area contributed by atoms with Gasteiger partial charge in [0.15, 0.2) is 0 Å². The molecule has 3 aromatic rings. The maximum Gasteiger partial charge on any atom is 0.0355 e. The van der Waals surface area contributed by atoms with E-state index in [9.17, 15) is 0 Å². The van der Waals surface area contributed by atoms with E-state index < -0.39 is 0 Å². The molecule has 1 heteroatoms. The third-order valence-corrected chi connectivity index (χ3v) is 4.34. The van der Waals surface area contributed by atoms with Gasteiger partial charge in [-0.05, 0) is 35.1 Å². The predicted octanol–water partition coefficient (Wildman–Crippen LogP) is 5.52. The van der Waals surface area contributed by atoms with E-state index in [1.165, 1.54) is 38.9 Å². The van der Waals surface area contributed by atoms with Gasteiger partial charge >= 0.3 is 0 Å². The van der Waals surface area contributed by atoms with Crippen molar-refractivity contribution in [1.82, 2.24) is 0 Å². The molecule has 0 nitrogen and oxygen atoms in total. The van der Waals surface area contributed by atoms with Crippen molar-refractivity contribution in [3.63, 3.8) is 0 Å². The molecule has 1 aromatic heterocycles. The van der Waals surface area contributed by atoms with Crippen molar-refractivity contribution in [2.24, 2.45) is 0 Å². The van der Waals surface area contributed by atoms with Gasteiger partial charge in [0.25, 0.3) is 0 Å². The minimum atomic E-state index is 1.17. The number of rotatable bonds is 3. The summed E-state index contributed by atoms with van der Waals surface area (Å²) in [6.45, 7) is 2.23. The van der Waals surface area contributed by atoms with Crippen LogP contribution in [0, 0.1) is 0 Å². The summed E-state index contributed by atoms with van der Waals surface area (Å²) in [5.41, 5.74) is 2.76. The van der Waals surface area contributed by atoms with Crippen LogP contribution in [0.25, 0.3) is 20.5 Å². The van der Waals surface area contributed by atoms with Gasteiger partial charge in [0.05, 0.1) is 0 Å². The number of thiophene rings is 1. The molecule has 0 bridgehead atoms. The van der Waals surface area contributed by atoms with Gasteiger partial charge in [-0.1, -0.05) is 55.8 Å². The average Bonchev–Trinajstić information content (AvgIpc) is 2.83. The van der Waals surface area contributed by atoms with E-state index in [2.05, 4.69) is 61.5 Å². The van der Waals surface area contributed by atoms with Crippen molar-refractivity contribution < 1.29 is 0 Å². The molecule has 0 unspecified atom stereocenters. The van der Waals surface area contributed by atoms with Crippen LogP contribution in [0.4, 0.5) is 0 Å². The molecular formula is C17H16S. The number of hydrogen-bond donors (Lipinski definition) is 0. The van der Waals surface area contributed by atoms with Crippen molar-refractivity contribution in [2.45, 2.75) is 19.8 Å². The SMILES string of the molecule is CCCc1ccc2sc(-c3ccccc3)cc2c1. The summed E-state index contributed by atoms with van der Waals surface area (Å²) in [5, 5.41) is 1.38. The Morgan fingerprint density at radius 3 is 2.56 bits per heavy atom. The molecule has 0 fully saturated rings. The molecule has 3 rings (SSSR count). The highest BCUT2D eigenvalue weighted by Crippen LogP contribution is 2.33. The summed E-state index contributed by atoms with van der Waals surface area (Å²) in [7, 11) is 0. The van der Waals surface area contributed by atoms with Crippen molar-refractivity contribution in [3.8, 4) is 10.4 Å². The first-order valence-electron chi connectivity index (χ1n) is 6.44. The molecule has 90 valence electrons. The maximum absolute atomic E-state index is 2.34. The lowest BCUT2D eigenvalue weighted by Gasteiger charge is -1.97. The third kappa shape index (κ3) is 2.19. The molecule has 0 atom stereocenters. The lowest BCUT2D eigenvalue weighted by Crippen LogP contribution is -1.80. The normalized spacial score (nSPS) is 10.9. The Morgan fingerprint density at radius 1 is 0.944 bits per heavy atom. The van der Waals surface area contributed by atoms with E-state index in [0.29, 0.717) is 0 Å². The molecule has 0 N–H and O–H groups in total. The maximum atomic E-state index is 2.34. The zero-order valence-corrected chi connectivity index (χ0v) is 11.3. The van der Waals surface area contributed by atoms with Crippen molar-refractivity contribution in [3.05, 3.63) is 60.2 Å². The minimum absolute atomic E-state index is 1.17. The van der Waals surface area contributed by atoms with Gasteiger partial charge in [-0.3, -0.25) is 0 Å². The van der Waals surface area contributed by atoms with Gasteiger partial charge in [0, 0.05) is 9.58 Å². The molecule has 0 aliphatic heterocycles. The van der Waals surface area contributed by atoms with Crippen LogP contribution in [0.15, 0.2) is 54.6 Å². The van der Waals surface area contributed by atoms with Crippen molar-refractivity contribution in [2.75, 3.05) is 0 Å². The monoisotopic (exact) mass is 252 g/mol. The van der Waals surface area contributed by atoms with E-state index in [0.717, 1.165) is 0 Å². The summed E-state index contributed by atoms with van der Waals surface area (Å²) < 4.78 is 1.38. The van der Waals surface area contributed by atoms with Crippen LogP contribution in [-0.4, -0.2) is 0 Å². The van der Waals surface area contributed by atoms with Gasteiger partial charge in [-0.25, -0.2) is 0 Å². The first kappa shape index (κ1) is 11.5. The van der Waals surface area contributed by atoms with E-state index >= 15 is 0 Å². The largest absolute Gasteiger partial charge is 0.135 e. The van der Waals surface area contributed by atoms with E-state index in [1.807, 2.05) is 11.3 Å². The Labute approximate surface area is 112 Å². The molecule has 0 saturated heterocycles. The Morgan fingerprint density at radius 2 is 1.78 bits per heavy atom. The fourth-order valence-corrected chi connectivity index (χ4v) is 3.33. The molecule has 0 aliphatic rings. The van der Waals surface area contributed by atoms with Crippen LogP contribution in [0.1, 0.15) is 18.9 Å². The van der Waals surface area contributed by atoms with Crippen molar-refractivity contribution >= 4 is 21.4 Å². The van der Waals surface area contributed by atoms with E-state index in [-0.39, 0.29) is 0 Å². The van der Waals surface area contributed by atoms with Gasteiger partial charge in [0.2, 0.25) is 0 Å². The van der Waals surface area contributed by atoms with Crippen LogP contribution < -0.4 is 0 Å². The topological polar surface area (TPSA) is 0 Å². The molecule has 0 aliphatic carbocycles. The quantitative estimate of drug-likeness (QED) is 0.575. The first-order valence-corrected chi connectivity index (χ1v) is 7.26. The van der Waals surface area contributed by atoms with Crippen LogP contribution in [0.2, 0.25) is 0 Å². The fraction of sp³-hybridized carbons (Fsp3) is 0.176. The number of aryl methyl sites for hydroxylation is 1. The standard InChI is InChI=1S/C17H16S/c1-2-6-13-9-10-16-15(11-13)12-17(18-16)14-7-4-3-5-8-14/h3-5,7-12H,2,6H2,1H3. The smallest absolute Gasteiger partial charge is 0.0355 e. The summed E-state index contributed by atoms with van der Waals surface area (Å²) >= 11 is 1.88. The second kappa shape index (κ2) is 4.95. The van der Waals surface area contributed by atoms with E-state index in [4.69, 9.17) is 0 Å². The molecular weight excluding hydrogens is 236 g/mol. The zero-order valence-electron chi connectivity index (χ0n) is 10.5. The second-order valence-electron chi connectivity index (χ2n) is 4.60. The molecule has 1 heterocycles. The zero-order chi connectivity index (χ0) is 12.4. The number of fused-ring (bicyclic) bond motifs is 1. The second-order valence-corrected chi connectivity index (χ2v) is 5.68. The Kier molecular flexibility index (Phi) is 3.16. The average molecular weight is 252 g/mol. The Balaban J connectivity index is 2.06. The van der Waals surface area contributed by atoms with Gasteiger partial charge in [0.1, 0.15) is 0 Å². The van der Waals surface area contributed by atoms with Crippen LogP contribution in [0.5, 0.6) is 0 Å². The van der Waals surface area contributed by atoms with Gasteiger partial charge in [-0.2, -0.15) is 0 Å². The van der Waals surface area contributed by atoms with Gasteiger partial charge < -0.3 is 0 Å². The highest BCUT2D eigenvalue weighted by Gasteiger charge is 2.04. The summed E-state index contributed by atoms with van der Waals surface area (Å²) in [5.74, 6) is 0. The lowest BCUT2D eigenvalue weighted by atomic mass is 10.1. The molecule has 0 saturated carbocycles. The van der Waals surface area contributed by atoms with Gasteiger partial charge in [-0.15, -0.1) is 11.3 Å². The molecule has 2 aromatic carbocycles. The Bertz CT molecular complexity index is 650. The molecule has 0 radical (unpaired) electrons. The van der Waals surface area contributed by atoms with Crippen LogP contribution in [0.3, 0.4) is 0 Å². The Hall–Kier alpha value is -1.60. The lowest BCUT2D eigenvalue weighted by molar-refractivity contribution is 0.924. The highest BCUT2D eigenvalue weighted by atomic mass is 32.1. The number of benzene rings is 2. The predicted molar refractivity (Wildman–Crippen MR) is 81.3 cm³/mol. The van der Waals surface area contributed by atoms with Crippen LogP contribution >= 0.6 is 11.3 Å². The van der Waals surface area contributed by atoms with Crippen LogP contribution in [-0.2, 0) is 6.42 Å². The summed E-state index contributed by atoms with van der Waals surface area (Å²) in [6, 6.07) is 19.8. The van der Waals surface area contributed by atoms with E-state index in [1.54, 1.807) is 0 Å². The first-order chi connectivity index (χ1) is 8.86. The summed E-state index contributed by atoms with van der Waals surface area (Å²) in [4.78, 5) is 1.36. The fourth-order valence-electron chi connectivity index (χ4n) is 2.28. The third-order valence-electron chi connectivity index (χ3n) is 3.18. The molecule has 18 heavy (non-hydrogen) atoms. The minimum Gasteiger partial charge on any atom is -0.135 e. The molecule has 0 spiro atoms. The number of hydrogen-bond acceptors (Lipinski definition) is 1. The van der Waals surface area contributed by atoms with Crippen molar-refractivity contribution in [1.29, 1.82) is 0 Å².